The summed E-state index contributed by atoms with van der Waals surface area (Å²) in [6, 6.07) is 4.98. The van der Waals surface area contributed by atoms with Crippen LogP contribution in [0, 0.1) is 0 Å². The Morgan fingerprint density at radius 3 is 2.81 bits per heavy atom. The number of piperidine rings is 1. The van der Waals surface area contributed by atoms with Crippen molar-refractivity contribution in [3.8, 4) is 0 Å². The first-order chi connectivity index (χ1) is 9.85. The summed E-state index contributed by atoms with van der Waals surface area (Å²) in [4.78, 5) is 9.34. The molecule has 0 saturated carbocycles. The fraction of sp³-hybridized carbons (Fsp3) is 0.706. The predicted molar refractivity (Wildman–Crippen MR) is 89.8 cm³/mol. The highest BCUT2D eigenvalue weighted by atomic mass is 15.2. The van der Waals surface area contributed by atoms with Gasteiger partial charge in [0, 0.05) is 37.4 Å². The summed E-state index contributed by atoms with van der Waals surface area (Å²) in [5.74, 6) is 1.12. The van der Waals surface area contributed by atoms with E-state index in [4.69, 9.17) is 0 Å². The van der Waals surface area contributed by atoms with E-state index in [2.05, 4.69) is 67.1 Å². The van der Waals surface area contributed by atoms with E-state index in [-0.39, 0.29) is 5.54 Å². The minimum Gasteiger partial charge on any atom is -0.355 e. The van der Waals surface area contributed by atoms with Gasteiger partial charge in [-0.15, -0.1) is 0 Å². The number of nitrogens with one attached hydrogen (secondary N) is 1. The molecule has 21 heavy (non-hydrogen) atoms. The van der Waals surface area contributed by atoms with E-state index in [1.807, 2.05) is 6.20 Å². The van der Waals surface area contributed by atoms with Gasteiger partial charge in [0.05, 0.1) is 0 Å². The molecular formula is C17H30N4. The summed E-state index contributed by atoms with van der Waals surface area (Å²) in [5, 5.41) is 3.54. The minimum atomic E-state index is 0.143. The van der Waals surface area contributed by atoms with E-state index >= 15 is 0 Å². The number of hydrogen-bond donors (Lipinski definition) is 1. The number of nitrogens with zero attached hydrogens (tertiary/aromatic N) is 3. The van der Waals surface area contributed by atoms with Crippen LogP contribution >= 0.6 is 0 Å². The molecule has 1 aromatic heterocycles. The number of hydrogen-bond acceptors (Lipinski definition) is 4. The molecule has 0 aromatic carbocycles. The Balaban J connectivity index is 2.03. The zero-order valence-electron chi connectivity index (χ0n) is 14.2. The summed E-state index contributed by atoms with van der Waals surface area (Å²) < 4.78 is 0. The second-order valence-corrected chi connectivity index (χ2v) is 7.33. The monoisotopic (exact) mass is 290 g/mol. The molecule has 2 rings (SSSR count). The first-order valence-electron chi connectivity index (χ1n) is 7.96. The molecule has 0 spiro atoms. The van der Waals surface area contributed by atoms with Gasteiger partial charge in [0.15, 0.2) is 0 Å². The summed E-state index contributed by atoms with van der Waals surface area (Å²) in [6.45, 7) is 9.68. The number of aromatic nitrogens is 1. The molecule has 0 bridgehead atoms. The van der Waals surface area contributed by atoms with E-state index in [9.17, 15) is 0 Å². The average molecular weight is 290 g/mol. The van der Waals surface area contributed by atoms with Gasteiger partial charge in [-0.25, -0.2) is 4.98 Å². The van der Waals surface area contributed by atoms with E-state index in [1.165, 1.54) is 18.4 Å². The fourth-order valence-electron chi connectivity index (χ4n) is 2.70. The van der Waals surface area contributed by atoms with Gasteiger partial charge in [0.1, 0.15) is 5.82 Å². The number of pyridine rings is 1. The Morgan fingerprint density at radius 2 is 2.14 bits per heavy atom. The van der Waals surface area contributed by atoms with Crippen LogP contribution in [0.25, 0.3) is 0 Å². The lowest BCUT2D eigenvalue weighted by atomic mass is 10.0. The maximum absolute atomic E-state index is 4.58. The largest absolute Gasteiger partial charge is 0.355 e. The van der Waals surface area contributed by atoms with Crippen LogP contribution in [0.4, 0.5) is 5.82 Å². The van der Waals surface area contributed by atoms with Crippen molar-refractivity contribution in [2.24, 2.45) is 0 Å². The molecule has 0 amide bonds. The molecule has 1 saturated heterocycles. The molecule has 4 nitrogen and oxygen atoms in total. The van der Waals surface area contributed by atoms with E-state index in [1.54, 1.807) is 0 Å². The molecule has 1 aromatic rings. The second-order valence-electron chi connectivity index (χ2n) is 7.33. The standard InChI is InChI=1S/C17H30N4/c1-17(2,3)19-12-14-8-9-18-16(11-14)21-10-6-7-15(13-21)20(4)5/h8-9,11,15,19H,6-7,10,12-13H2,1-5H3. The van der Waals surface area contributed by atoms with E-state index in [0.717, 1.165) is 25.5 Å². The van der Waals surface area contributed by atoms with Crippen molar-refractivity contribution < 1.29 is 0 Å². The molecule has 118 valence electrons. The topological polar surface area (TPSA) is 31.4 Å². The van der Waals surface area contributed by atoms with Crippen molar-refractivity contribution in [1.29, 1.82) is 0 Å². The third-order valence-corrected chi connectivity index (χ3v) is 4.08. The van der Waals surface area contributed by atoms with Crippen molar-refractivity contribution in [1.82, 2.24) is 15.2 Å². The lowest BCUT2D eigenvalue weighted by Gasteiger charge is -2.37. The van der Waals surface area contributed by atoms with Gasteiger partial charge in [0.25, 0.3) is 0 Å². The number of rotatable bonds is 4. The highest BCUT2D eigenvalue weighted by molar-refractivity contribution is 5.41. The number of anilines is 1. The van der Waals surface area contributed by atoms with Crippen LogP contribution in [0.15, 0.2) is 18.3 Å². The van der Waals surface area contributed by atoms with Crippen molar-refractivity contribution >= 4 is 5.82 Å². The zero-order chi connectivity index (χ0) is 15.5. The first-order valence-corrected chi connectivity index (χ1v) is 7.96. The van der Waals surface area contributed by atoms with Crippen molar-refractivity contribution in [3.05, 3.63) is 23.9 Å². The SMILES string of the molecule is CN(C)C1CCCN(c2cc(CNC(C)(C)C)ccn2)C1. The normalized spacial score (nSPS) is 20.1. The summed E-state index contributed by atoms with van der Waals surface area (Å²) in [6.07, 6.45) is 4.47. The summed E-state index contributed by atoms with van der Waals surface area (Å²) in [7, 11) is 4.34. The maximum atomic E-state index is 4.58. The van der Waals surface area contributed by atoms with Gasteiger partial charge >= 0.3 is 0 Å². The predicted octanol–water partition coefficient (Wildman–Crippen LogP) is 2.50. The first kappa shape index (κ1) is 16.2. The minimum absolute atomic E-state index is 0.143. The van der Waals surface area contributed by atoms with Gasteiger partial charge in [0.2, 0.25) is 0 Å². The Morgan fingerprint density at radius 1 is 1.38 bits per heavy atom. The molecular weight excluding hydrogens is 260 g/mol. The fourth-order valence-corrected chi connectivity index (χ4v) is 2.70. The highest BCUT2D eigenvalue weighted by Gasteiger charge is 2.22. The number of likely N-dealkylation sites (N-methyl/N-ethyl adjacent to an activating group) is 1. The molecule has 0 radical (unpaired) electrons. The summed E-state index contributed by atoms with van der Waals surface area (Å²) >= 11 is 0. The lowest BCUT2D eigenvalue weighted by Crippen LogP contribution is -2.45. The van der Waals surface area contributed by atoms with Crippen LogP contribution in [0.2, 0.25) is 0 Å². The van der Waals surface area contributed by atoms with Gasteiger partial charge < -0.3 is 15.1 Å². The second kappa shape index (κ2) is 6.75. The molecule has 0 aliphatic carbocycles. The molecule has 1 aliphatic heterocycles. The molecule has 4 heteroatoms. The van der Waals surface area contributed by atoms with Gasteiger partial charge in [-0.2, -0.15) is 0 Å². The van der Waals surface area contributed by atoms with Crippen molar-refractivity contribution in [2.45, 2.75) is 51.7 Å². The van der Waals surface area contributed by atoms with Crippen LogP contribution in [0.5, 0.6) is 0 Å². The van der Waals surface area contributed by atoms with E-state index < -0.39 is 0 Å². The molecule has 1 atom stereocenters. The highest BCUT2D eigenvalue weighted by Crippen LogP contribution is 2.20. The average Bonchev–Trinajstić information content (AvgIpc) is 2.45. The smallest absolute Gasteiger partial charge is 0.128 e. The Kier molecular flexibility index (Phi) is 5.22. The molecule has 1 unspecified atom stereocenters. The molecule has 1 N–H and O–H groups in total. The van der Waals surface area contributed by atoms with Crippen LogP contribution in [-0.4, -0.2) is 48.6 Å². The van der Waals surface area contributed by atoms with Crippen LogP contribution in [0.1, 0.15) is 39.2 Å². The lowest BCUT2D eigenvalue weighted by molar-refractivity contribution is 0.257. The van der Waals surface area contributed by atoms with Crippen molar-refractivity contribution in [2.75, 3.05) is 32.1 Å². The Hall–Kier alpha value is -1.13. The van der Waals surface area contributed by atoms with Crippen LogP contribution < -0.4 is 10.2 Å². The van der Waals surface area contributed by atoms with Gasteiger partial charge in [-0.05, 0) is 65.4 Å². The van der Waals surface area contributed by atoms with E-state index in [0.29, 0.717) is 6.04 Å². The third-order valence-electron chi connectivity index (χ3n) is 4.08. The van der Waals surface area contributed by atoms with Crippen LogP contribution in [0.3, 0.4) is 0 Å². The molecule has 2 heterocycles. The van der Waals surface area contributed by atoms with Gasteiger partial charge in [-0.1, -0.05) is 0 Å². The Labute approximate surface area is 129 Å². The molecule has 1 aliphatic rings. The quantitative estimate of drug-likeness (QED) is 0.923. The Bertz CT molecular complexity index is 450. The molecule has 1 fully saturated rings. The van der Waals surface area contributed by atoms with Gasteiger partial charge in [-0.3, -0.25) is 0 Å². The third kappa shape index (κ3) is 4.97. The summed E-state index contributed by atoms with van der Waals surface area (Å²) in [5.41, 5.74) is 1.45. The van der Waals surface area contributed by atoms with Crippen LogP contribution in [-0.2, 0) is 6.54 Å². The zero-order valence-corrected chi connectivity index (χ0v) is 14.2. The van der Waals surface area contributed by atoms with Crippen molar-refractivity contribution in [3.63, 3.8) is 0 Å². The maximum Gasteiger partial charge on any atom is 0.128 e.